The smallest absolute Gasteiger partial charge is 0.335 e. The zero-order chi connectivity index (χ0) is 20.8. The van der Waals surface area contributed by atoms with Gasteiger partial charge < -0.3 is 14.7 Å². The molecule has 2 atom stereocenters. The monoisotopic (exact) mass is 396 g/mol. The Balaban J connectivity index is 1.57. The molecule has 0 spiro atoms. The first-order valence-electron chi connectivity index (χ1n) is 10.1. The Hall–Kier alpha value is -2.89. The van der Waals surface area contributed by atoms with Crippen molar-refractivity contribution < 1.29 is 19.4 Å². The number of nitrogens with zero attached hydrogens (tertiary/aromatic N) is 2. The van der Waals surface area contributed by atoms with Crippen molar-refractivity contribution in [1.82, 2.24) is 9.88 Å². The fraction of sp³-hybridized carbons (Fsp3) is 0.435. The number of carbonyl (C=O) groups is 2. The Morgan fingerprint density at radius 1 is 1.31 bits per heavy atom. The SMILES string of the molecule is COc1ccc([C@@H](C)N2CCC[C@@H](CCCc3cc(C(=O)O)ccn3)C2=O)cc1. The minimum Gasteiger partial charge on any atom is -0.497 e. The van der Waals surface area contributed by atoms with E-state index in [1.165, 1.54) is 12.3 Å². The minimum atomic E-state index is -0.945. The van der Waals surface area contributed by atoms with E-state index >= 15 is 0 Å². The second-order valence-electron chi connectivity index (χ2n) is 7.55. The molecule has 1 aliphatic rings. The summed E-state index contributed by atoms with van der Waals surface area (Å²) in [6.45, 7) is 2.86. The van der Waals surface area contributed by atoms with Crippen molar-refractivity contribution >= 4 is 11.9 Å². The van der Waals surface area contributed by atoms with Gasteiger partial charge in [-0.25, -0.2) is 4.79 Å². The van der Waals surface area contributed by atoms with Crippen molar-refractivity contribution in [3.63, 3.8) is 0 Å². The van der Waals surface area contributed by atoms with Crippen molar-refractivity contribution in [2.45, 2.75) is 45.1 Å². The number of hydrogen-bond acceptors (Lipinski definition) is 4. The molecule has 1 fully saturated rings. The average molecular weight is 396 g/mol. The van der Waals surface area contributed by atoms with E-state index < -0.39 is 5.97 Å². The maximum atomic E-state index is 13.1. The molecule has 1 saturated heterocycles. The molecule has 29 heavy (non-hydrogen) atoms. The maximum Gasteiger partial charge on any atom is 0.335 e. The molecule has 2 heterocycles. The lowest BCUT2D eigenvalue weighted by Crippen LogP contribution is -2.42. The third kappa shape index (κ3) is 5.13. The third-order valence-electron chi connectivity index (χ3n) is 5.70. The van der Waals surface area contributed by atoms with Crippen LogP contribution in [0.5, 0.6) is 5.75 Å². The molecular weight excluding hydrogens is 368 g/mol. The van der Waals surface area contributed by atoms with E-state index in [2.05, 4.69) is 11.9 Å². The van der Waals surface area contributed by atoms with Gasteiger partial charge in [0.1, 0.15) is 5.75 Å². The first-order valence-corrected chi connectivity index (χ1v) is 10.1. The van der Waals surface area contributed by atoms with E-state index in [1.807, 2.05) is 29.2 Å². The topological polar surface area (TPSA) is 79.7 Å². The fourth-order valence-electron chi connectivity index (χ4n) is 3.97. The highest BCUT2D eigenvalue weighted by atomic mass is 16.5. The standard InChI is InChI=1S/C23H28N2O4/c1-16(17-8-10-21(29-2)11-9-17)25-14-4-6-18(22(25)26)5-3-7-20-15-19(23(27)28)12-13-24-20/h8-13,15-16,18H,3-7,14H2,1-2H3,(H,27,28)/t16-,18-/m1/s1. The van der Waals surface area contributed by atoms with Crippen molar-refractivity contribution in [3.8, 4) is 5.75 Å². The van der Waals surface area contributed by atoms with Crippen LogP contribution < -0.4 is 4.74 Å². The molecule has 1 aliphatic heterocycles. The number of carboxylic acid groups (broad SMARTS) is 1. The summed E-state index contributed by atoms with van der Waals surface area (Å²) >= 11 is 0. The number of carbonyl (C=O) groups excluding carboxylic acids is 1. The molecule has 6 nitrogen and oxygen atoms in total. The van der Waals surface area contributed by atoms with E-state index in [4.69, 9.17) is 9.84 Å². The number of likely N-dealkylation sites (tertiary alicyclic amines) is 1. The highest BCUT2D eigenvalue weighted by Gasteiger charge is 2.31. The summed E-state index contributed by atoms with van der Waals surface area (Å²) in [5.74, 6) is 0.0996. The van der Waals surface area contributed by atoms with Gasteiger partial charge in [0, 0.05) is 24.4 Å². The highest BCUT2D eigenvalue weighted by molar-refractivity contribution is 5.87. The Kier molecular flexibility index (Phi) is 6.86. The lowest BCUT2D eigenvalue weighted by molar-refractivity contribution is -0.141. The van der Waals surface area contributed by atoms with E-state index in [9.17, 15) is 9.59 Å². The molecule has 154 valence electrons. The van der Waals surface area contributed by atoms with Gasteiger partial charge in [-0.05, 0) is 68.9 Å². The molecule has 0 bridgehead atoms. The van der Waals surface area contributed by atoms with Crippen LogP contribution in [0.1, 0.15) is 60.3 Å². The number of benzene rings is 1. The fourth-order valence-corrected chi connectivity index (χ4v) is 3.97. The summed E-state index contributed by atoms with van der Waals surface area (Å²) in [6, 6.07) is 11.0. The summed E-state index contributed by atoms with van der Waals surface area (Å²) in [5.41, 5.74) is 2.12. The van der Waals surface area contributed by atoms with Crippen molar-refractivity contribution in [1.29, 1.82) is 0 Å². The first-order chi connectivity index (χ1) is 14.0. The molecule has 0 radical (unpaired) electrons. The largest absolute Gasteiger partial charge is 0.497 e. The molecule has 0 aliphatic carbocycles. The number of aryl methyl sites for hydroxylation is 1. The van der Waals surface area contributed by atoms with Gasteiger partial charge in [-0.1, -0.05) is 12.1 Å². The second-order valence-corrected chi connectivity index (χ2v) is 7.55. The third-order valence-corrected chi connectivity index (χ3v) is 5.70. The number of amides is 1. The molecule has 1 aromatic carbocycles. The number of ether oxygens (including phenoxy) is 1. The number of rotatable bonds is 8. The minimum absolute atomic E-state index is 0.0205. The quantitative estimate of drug-likeness (QED) is 0.726. The zero-order valence-electron chi connectivity index (χ0n) is 17.0. The van der Waals surface area contributed by atoms with Crippen LogP contribution in [0.15, 0.2) is 42.6 Å². The zero-order valence-corrected chi connectivity index (χ0v) is 17.0. The van der Waals surface area contributed by atoms with Crippen LogP contribution in [0.4, 0.5) is 0 Å². The number of hydrogen-bond donors (Lipinski definition) is 1. The molecule has 6 heteroatoms. The predicted molar refractivity (Wildman–Crippen MR) is 110 cm³/mol. The molecule has 0 saturated carbocycles. The van der Waals surface area contributed by atoms with E-state index in [1.54, 1.807) is 13.2 Å². The Labute approximate surface area is 171 Å². The van der Waals surface area contributed by atoms with Crippen LogP contribution in [0.25, 0.3) is 0 Å². The van der Waals surface area contributed by atoms with Gasteiger partial charge in [-0.2, -0.15) is 0 Å². The van der Waals surface area contributed by atoms with Crippen LogP contribution in [0, 0.1) is 5.92 Å². The van der Waals surface area contributed by atoms with Gasteiger partial charge in [0.05, 0.1) is 18.7 Å². The summed E-state index contributed by atoms with van der Waals surface area (Å²) in [5, 5.41) is 9.09. The normalized spacial score (nSPS) is 17.8. The average Bonchev–Trinajstić information content (AvgIpc) is 2.75. The van der Waals surface area contributed by atoms with Gasteiger partial charge in [-0.15, -0.1) is 0 Å². The van der Waals surface area contributed by atoms with Gasteiger partial charge >= 0.3 is 5.97 Å². The van der Waals surface area contributed by atoms with E-state index in [-0.39, 0.29) is 23.4 Å². The van der Waals surface area contributed by atoms with Crippen LogP contribution >= 0.6 is 0 Å². The summed E-state index contributed by atoms with van der Waals surface area (Å²) in [4.78, 5) is 30.4. The second kappa shape index (κ2) is 9.54. The molecule has 3 rings (SSSR count). The van der Waals surface area contributed by atoms with Gasteiger partial charge in [0.15, 0.2) is 0 Å². The number of carboxylic acids is 1. The van der Waals surface area contributed by atoms with E-state index in [0.29, 0.717) is 6.42 Å². The number of piperidine rings is 1. The van der Waals surface area contributed by atoms with Gasteiger partial charge in [0.2, 0.25) is 5.91 Å². The first kappa shape index (κ1) is 20.8. The maximum absolute atomic E-state index is 13.1. The summed E-state index contributed by atoms with van der Waals surface area (Å²) in [6.07, 6.45) is 5.74. The van der Waals surface area contributed by atoms with Crippen LogP contribution in [0.2, 0.25) is 0 Å². The van der Waals surface area contributed by atoms with Crippen molar-refractivity contribution in [2.75, 3.05) is 13.7 Å². The summed E-state index contributed by atoms with van der Waals surface area (Å²) < 4.78 is 5.22. The summed E-state index contributed by atoms with van der Waals surface area (Å²) in [7, 11) is 1.64. The van der Waals surface area contributed by atoms with Crippen LogP contribution in [0.3, 0.4) is 0 Å². The Morgan fingerprint density at radius 3 is 2.76 bits per heavy atom. The number of aromatic nitrogens is 1. The molecule has 1 N–H and O–H groups in total. The number of methoxy groups -OCH3 is 1. The van der Waals surface area contributed by atoms with Crippen LogP contribution in [-0.2, 0) is 11.2 Å². The molecule has 1 aromatic heterocycles. The molecule has 0 unspecified atom stereocenters. The molecule has 2 aromatic rings. The van der Waals surface area contributed by atoms with E-state index in [0.717, 1.165) is 49.2 Å². The molecular formula is C23H28N2O4. The van der Waals surface area contributed by atoms with Gasteiger partial charge in [0.25, 0.3) is 0 Å². The molecule has 1 amide bonds. The lowest BCUT2D eigenvalue weighted by Gasteiger charge is -2.37. The van der Waals surface area contributed by atoms with Gasteiger partial charge in [-0.3, -0.25) is 9.78 Å². The Bertz CT molecular complexity index is 850. The highest BCUT2D eigenvalue weighted by Crippen LogP contribution is 2.30. The van der Waals surface area contributed by atoms with Crippen LogP contribution in [-0.4, -0.2) is 40.5 Å². The Morgan fingerprint density at radius 2 is 2.07 bits per heavy atom. The predicted octanol–water partition coefficient (Wildman–Crippen LogP) is 4.11. The lowest BCUT2D eigenvalue weighted by atomic mass is 9.90. The number of aromatic carboxylic acids is 1. The van der Waals surface area contributed by atoms with Crippen molar-refractivity contribution in [2.24, 2.45) is 5.92 Å². The van der Waals surface area contributed by atoms with Crippen molar-refractivity contribution in [3.05, 3.63) is 59.4 Å². The number of pyridine rings is 1.